The second-order valence-corrected chi connectivity index (χ2v) is 8.93. The number of hydrogen-bond donors (Lipinski definition) is 2. The number of imidazole rings is 1. The molecule has 0 aliphatic heterocycles. The minimum absolute atomic E-state index is 0.344. The number of amides is 1. The van der Waals surface area contributed by atoms with Crippen LogP contribution in [0.15, 0.2) is 53.9 Å². The number of aromatic nitrogens is 3. The third kappa shape index (κ3) is 5.23. The quantitative estimate of drug-likeness (QED) is 0.335. The Morgan fingerprint density at radius 1 is 1.00 bits per heavy atom. The highest BCUT2D eigenvalue weighted by Crippen LogP contribution is 2.25. The highest BCUT2D eigenvalue weighted by molar-refractivity contribution is 7.14. The second kappa shape index (κ2) is 10.0. The van der Waals surface area contributed by atoms with Gasteiger partial charge in [-0.05, 0) is 39.3 Å². The van der Waals surface area contributed by atoms with Crippen LogP contribution in [0.2, 0.25) is 0 Å². The monoisotopic (exact) mass is 474 g/mol. The first-order chi connectivity index (χ1) is 16.3. The van der Waals surface area contributed by atoms with Crippen molar-refractivity contribution in [1.82, 2.24) is 15.0 Å². The number of esters is 1. The first-order valence-corrected chi connectivity index (χ1v) is 11.9. The molecule has 1 atom stereocenters. The van der Waals surface area contributed by atoms with Gasteiger partial charge < -0.3 is 9.72 Å². The summed E-state index contributed by atoms with van der Waals surface area (Å²) in [7, 11) is 0. The fourth-order valence-corrected chi connectivity index (χ4v) is 4.06. The molecule has 2 N–H and O–H groups in total. The molecule has 0 saturated heterocycles. The Morgan fingerprint density at radius 3 is 2.29 bits per heavy atom. The van der Waals surface area contributed by atoms with Crippen LogP contribution in [0.25, 0.3) is 22.6 Å². The van der Waals surface area contributed by atoms with Crippen LogP contribution in [-0.2, 0) is 9.53 Å². The van der Waals surface area contributed by atoms with Crippen LogP contribution < -0.4 is 5.32 Å². The lowest BCUT2D eigenvalue weighted by atomic mass is 10.1. The number of aryl methyl sites for hydroxylation is 3. The van der Waals surface area contributed by atoms with E-state index in [-0.39, 0.29) is 0 Å². The van der Waals surface area contributed by atoms with Gasteiger partial charge in [0, 0.05) is 22.2 Å². The largest absolute Gasteiger partial charge is 0.449 e. The second-order valence-electron chi connectivity index (χ2n) is 8.07. The lowest BCUT2D eigenvalue weighted by molar-refractivity contribution is -0.124. The van der Waals surface area contributed by atoms with Gasteiger partial charge in [0.15, 0.2) is 11.2 Å². The van der Waals surface area contributed by atoms with Crippen LogP contribution in [-0.4, -0.2) is 32.9 Å². The van der Waals surface area contributed by atoms with E-state index in [0.29, 0.717) is 17.1 Å². The number of carbonyl (C=O) groups is 2. The Bertz CT molecular complexity index is 1290. The van der Waals surface area contributed by atoms with Crippen molar-refractivity contribution in [3.8, 4) is 22.6 Å². The van der Waals surface area contributed by atoms with E-state index in [9.17, 15) is 9.59 Å². The zero-order valence-corrected chi connectivity index (χ0v) is 20.3. The molecule has 34 heavy (non-hydrogen) atoms. The topological polar surface area (TPSA) is 97.0 Å². The maximum Gasteiger partial charge on any atom is 0.338 e. The van der Waals surface area contributed by atoms with E-state index in [0.717, 1.165) is 34.0 Å². The van der Waals surface area contributed by atoms with E-state index in [1.807, 2.05) is 50.4 Å². The third-order valence-corrected chi connectivity index (χ3v) is 6.27. The number of ether oxygens (including phenoxy) is 1. The minimum Gasteiger partial charge on any atom is -0.449 e. The summed E-state index contributed by atoms with van der Waals surface area (Å²) in [6, 6.07) is 15.0. The van der Waals surface area contributed by atoms with Crippen molar-refractivity contribution < 1.29 is 14.3 Å². The first kappa shape index (κ1) is 23.4. The van der Waals surface area contributed by atoms with Crippen molar-refractivity contribution in [3.05, 3.63) is 76.4 Å². The molecule has 1 amide bonds. The van der Waals surface area contributed by atoms with Crippen molar-refractivity contribution in [3.63, 3.8) is 0 Å². The van der Waals surface area contributed by atoms with E-state index in [2.05, 4.69) is 20.3 Å². The standard InChI is InChI=1S/C26H26N4O3S/c1-5-22(24(31)30-26-29-21(14-34-26)18-8-6-15(2)7-9-18)33-25(32)20-12-10-19(11-13-20)23-27-16(3)17(4)28-23/h6-14,22H,5H2,1-4H3,(H,27,28)(H,29,30,31). The molecule has 7 nitrogen and oxygen atoms in total. The maximum atomic E-state index is 12.7. The Balaban J connectivity index is 1.39. The molecule has 2 aromatic carbocycles. The van der Waals surface area contributed by atoms with E-state index >= 15 is 0 Å². The number of nitrogens with zero attached hydrogens (tertiary/aromatic N) is 2. The van der Waals surface area contributed by atoms with Crippen molar-refractivity contribution >= 4 is 28.3 Å². The maximum absolute atomic E-state index is 12.7. The summed E-state index contributed by atoms with van der Waals surface area (Å²) in [4.78, 5) is 37.6. The average molecular weight is 475 g/mol. The molecular weight excluding hydrogens is 448 g/mol. The lowest BCUT2D eigenvalue weighted by Crippen LogP contribution is -2.32. The van der Waals surface area contributed by atoms with Gasteiger partial charge in [0.05, 0.1) is 17.0 Å². The minimum atomic E-state index is -0.922. The molecule has 8 heteroatoms. The molecule has 0 aliphatic rings. The Hall–Kier alpha value is -3.78. The molecule has 0 spiro atoms. The Morgan fingerprint density at radius 2 is 1.68 bits per heavy atom. The molecule has 0 saturated carbocycles. The van der Waals surface area contributed by atoms with E-state index in [4.69, 9.17) is 4.74 Å². The van der Waals surface area contributed by atoms with Gasteiger partial charge in [-0.15, -0.1) is 11.3 Å². The zero-order chi connectivity index (χ0) is 24.2. The predicted octanol–water partition coefficient (Wildman–Crippen LogP) is 5.70. The summed E-state index contributed by atoms with van der Waals surface area (Å²) in [6.45, 7) is 7.72. The molecule has 2 heterocycles. The summed E-state index contributed by atoms with van der Waals surface area (Å²) < 4.78 is 5.50. The first-order valence-electron chi connectivity index (χ1n) is 11.0. The van der Waals surface area contributed by atoms with E-state index in [1.165, 1.54) is 16.9 Å². The average Bonchev–Trinajstić information content (AvgIpc) is 3.44. The van der Waals surface area contributed by atoms with Gasteiger partial charge in [-0.3, -0.25) is 10.1 Å². The molecule has 0 aliphatic carbocycles. The molecule has 4 rings (SSSR count). The number of H-pyrrole nitrogens is 1. The highest BCUT2D eigenvalue weighted by atomic mass is 32.1. The number of thiazole rings is 1. The zero-order valence-electron chi connectivity index (χ0n) is 19.5. The fourth-order valence-electron chi connectivity index (χ4n) is 3.34. The molecule has 2 aromatic heterocycles. The van der Waals surface area contributed by atoms with Crippen LogP contribution in [0.5, 0.6) is 0 Å². The lowest BCUT2D eigenvalue weighted by Gasteiger charge is -2.15. The normalized spacial score (nSPS) is 11.8. The predicted molar refractivity (Wildman–Crippen MR) is 134 cm³/mol. The van der Waals surface area contributed by atoms with Gasteiger partial charge in [-0.2, -0.15) is 0 Å². The number of rotatable bonds is 7. The van der Waals surface area contributed by atoms with Gasteiger partial charge in [-0.25, -0.2) is 14.8 Å². The van der Waals surface area contributed by atoms with Crippen molar-refractivity contribution in [2.24, 2.45) is 0 Å². The van der Waals surface area contributed by atoms with Crippen LogP contribution in [0.1, 0.15) is 40.7 Å². The number of benzene rings is 2. The van der Waals surface area contributed by atoms with Gasteiger partial charge in [0.25, 0.3) is 5.91 Å². The van der Waals surface area contributed by atoms with Gasteiger partial charge in [0.1, 0.15) is 5.82 Å². The van der Waals surface area contributed by atoms with E-state index < -0.39 is 18.0 Å². The van der Waals surface area contributed by atoms with Gasteiger partial charge >= 0.3 is 5.97 Å². The highest BCUT2D eigenvalue weighted by Gasteiger charge is 2.23. The molecule has 0 fully saturated rings. The molecule has 0 radical (unpaired) electrons. The third-order valence-electron chi connectivity index (χ3n) is 5.52. The number of aromatic amines is 1. The van der Waals surface area contributed by atoms with Crippen molar-refractivity contribution in [1.29, 1.82) is 0 Å². The number of nitrogens with one attached hydrogen (secondary N) is 2. The molecule has 1 unspecified atom stereocenters. The molecule has 4 aromatic rings. The number of anilines is 1. The molecule has 0 bridgehead atoms. The smallest absolute Gasteiger partial charge is 0.338 e. The summed E-state index contributed by atoms with van der Waals surface area (Å²) >= 11 is 1.33. The fraction of sp³-hybridized carbons (Fsp3) is 0.231. The van der Waals surface area contributed by atoms with Gasteiger partial charge in [-0.1, -0.05) is 48.9 Å². The van der Waals surface area contributed by atoms with Crippen LogP contribution in [0, 0.1) is 20.8 Å². The van der Waals surface area contributed by atoms with Crippen LogP contribution in [0.4, 0.5) is 5.13 Å². The Labute approximate surface area is 202 Å². The Kier molecular flexibility index (Phi) is 6.88. The SMILES string of the molecule is CCC(OC(=O)c1ccc(-c2nc(C)c(C)[nH]2)cc1)C(=O)Nc1nc(-c2ccc(C)cc2)cs1. The van der Waals surface area contributed by atoms with Crippen LogP contribution >= 0.6 is 11.3 Å². The number of carbonyl (C=O) groups excluding carboxylic acids is 2. The molecular formula is C26H26N4O3S. The van der Waals surface area contributed by atoms with Crippen molar-refractivity contribution in [2.75, 3.05) is 5.32 Å². The van der Waals surface area contributed by atoms with E-state index in [1.54, 1.807) is 31.2 Å². The summed E-state index contributed by atoms with van der Waals surface area (Å²) in [5, 5.41) is 5.12. The molecule has 174 valence electrons. The van der Waals surface area contributed by atoms with Crippen molar-refractivity contribution in [2.45, 2.75) is 40.2 Å². The summed E-state index contributed by atoms with van der Waals surface area (Å²) in [5.41, 5.74) is 6.09. The van der Waals surface area contributed by atoms with Crippen LogP contribution in [0.3, 0.4) is 0 Å². The summed E-state index contributed by atoms with van der Waals surface area (Å²) in [6.07, 6.45) is -0.578. The van der Waals surface area contributed by atoms with Gasteiger partial charge in [0.2, 0.25) is 0 Å². The summed E-state index contributed by atoms with van der Waals surface area (Å²) in [5.74, 6) is -0.215. The number of hydrogen-bond acceptors (Lipinski definition) is 6.